The van der Waals surface area contributed by atoms with Crippen LogP contribution in [0.15, 0.2) is 63.3 Å². The summed E-state index contributed by atoms with van der Waals surface area (Å²) in [6, 6.07) is 8.51. The van der Waals surface area contributed by atoms with Crippen molar-refractivity contribution in [1.82, 2.24) is 5.32 Å². The molecule has 0 bridgehead atoms. The number of urea groups is 1. The summed E-state index contributed by atoms with van der Waals surface area (Å²) in [5, 5.41) is 2.57. The molecule has 1 atom stereocenters. The molecular weight excluding hydrogens is 430 g/mol. The maximum atomic E-state index is 11.7. The number of carbonyl (C=O) groups is 1. The van der Waals surface area contributed by atoms with Crippen LogP contribution in [0, 0.1) is 0 Å². The average molecular weight is 440 g/mol. The summed E-state index contributed by atoms with van der Waals surface area (Å²) < 4.78 is 65.9. The van der Waals surface area contributed by atoms with Crippen molar-refractivity contribution >= 4 is 32.0 Å². The Balaban J connectivity index is 0.00000196. The number of hydrogen-bond acceptors (Lipinski definition) is 7. The van der Waals surface area contributed by atoms with Gasteiger partial charge in [-0.05, 0) is 35.4 Å². The quantitative estimate of drug-likeness (QED) is 0.368. The summed E-state index contributed by atoms with van der Waals surface area (Å²) in [6.07, 6.45) is 0. The number of amides is 2. The van der Waals surface area contributed by atoms with Gasteiger partial charge in [-0.3, -0.25) is 0 Å². The van der Waals surface area contributed by atoms with E-state index in [0.717, 1.165) is 24.3 Å². The molecule has 1 heterocycles. The number of nitrogens with zero attached hydrogens (tertiary/aromatic N) is 1. The van der Waals surface area contributed by atoms with Gasteiger partial charge in [0.2, 0.25) is 0 Å². The third-order valence-electron chi connectivity index (χ3n) is 3.70. The van der Waals surface area contributed by atoms with Gasteiger partial charge < -0.3 is 14.4 Å². The Labute approximate surface area is 205 Å². The van der Waals surface area contributed by atoms with Gasteiger partial charge in [-0.15, -0.1) is 0 Å². The van der Waals surface area contributed by atoms with Crippen molar-refractivity contribution in [3.05, 3.63) is 59.7 Å². The molecule has 1 aliphatic heterocycles. The maximum Gasteiger partial charge on any atom is 1.00 e. The second-order valence-corrected chi connectivity index (χ2v) is 8.14. The zero-order chi connectivity index (χ0) is 19.1. The van der Waals surface area contributed by atoms with Gasteiger partial charge >= 0.3 is 65.1 Å². The molecule has 136 valence electrons. The van der Waals surface area contributed by atoms with E-state index in [-0.39, 0.29) is 64.8 Å². The Morgan fingerprint density at radius 1 is 0.786 bits per heavy atom. The van der Waals surface area contributed by atoms with Crippen molar-refractivity contribution in [2.75, 3.05) is 0 Å². The molecule has 0 fully saturated rings. The van der Waals surface area contributed by atoms with Gasteiger partial charge in [-0.1, -0.05) is 24.3 Å². The Morgan fingerprint density at radius 3 is 1.64 bits per heavy atom. The number of hydrogen-bond donors (Lipinski definition) is 1. The van der Waals surface area contributed by atoms with Gasteiger partial charge in [0.05, 0.1) is 21.5 Å². The van der Waals surface area contributed by atoms with Crippen molar-refractivity contribution in [1.29, 1.82) is 0 Å². The van der Waals surface area contributed by atoms with Crippen molar-refractivity contribution in [3.63, 3.8) is 0 Å². The Hall–Kier alpha value is -0.600. The molecule has 13 heteroatoms. The monoisotopic (exact) mass is 440 g/mol. The van der Waals surface area contributed by atoms with Crippen LogP contribution in [0.25, 0.3) is 0 Å². The predicted molar refractivity (Wildman–Crippen MR) is 86.6 cm³/mol. The molecule has 28 heavy (non-hydrogen) atoms. The number of benzene rings is 2. The summed E-state index contributed by atoms with van der Waals surface area (Å²) in [5.41, 5.74) is 1.14. The summed E-state index contributed by atoms with van der Waals surface area (Å²) in [4.78, 5) is 14.7. The van der Waals surface area contributed by atoms with E-state index in [1.807, 2.05) is 0 Å². The first-order valence-corrected chi connectivity index (χ1v) is 9.88. The number of nitrogens with one attached hydrogen (secondary N) is 1. The molecular formula is C15H10N2Na2O7S2. The first-order chi connectivity index (χ1) is 12.1. The summed E-state index contributed by atoms with van der Waals surface area (Å²) >= 11 is 0. The molecule has 0 aliphatic carbocycles. The molecule has 2 aromatic rings. The van der Waals surface area contributed by atoms with Crippen LogP contribution in [-0.2, 0) is 20.2 Å². The molecule has 1 aliphatic rings. The maximum absolute atomic E-state index is 11.7. The van der Waals surface area contributed by atoms with Crippen LogP contribution in [0.3, 0.4) is 0 Å². The van der Waals surface area contributed by atoms with Crippen LogP contribution < -0.4 is 64.4 Å². The largest absolute Gasteiger partial charge is 1.00 e. The Kier molecular flexibility index (Phi) is 8.61. The first kappa shape index (κ1) is 25.4. The molecule has 0 spiro atoms. The standard InChI is InChI=1S/C15H12N2O7S2.2Na/c18-15-16-13(9-1-5-11(6-2-9)25(19,20)21)14(17-15)10-3-7-12(8-4-10)26(22,23)24;;/h1-8,13H,(H,16,18)(H,19,20,21)(H,22,23,24);;/q;2*+1/p-2. The third kappa shape index (κ3) is 5.72. The van der Waals surface area contributed by atoms with Crippen LogP contribution in [0.4, 0.5) is 4.79 Å². The van der Waals surface area contributed by atoms with Crippen molar-refractivity contribution < 1.29 is 89.9 Å². The first-order valence-electron chi connectivity index (χ1n) is 7.07. The predicted octanol–water partition coefficient (Wildman–Crippen LogP) is -5.24. The Morgan fingerprint density at radius 2 is 1.21 bits per heavy atom. The van der Waals surface area contributed by atoms with E-state index in [4.69, 9.17) is 0 Å². The van der Waals surface area contributed by atoms with Crippen LogP contribution in [0.1, 0.15) is 17.2 Å². The second-order valence-electron chi connectivity index (χ2n) is 5.38. The zero-order valence-corrected chi connectivity index (χ0v) is 20.5. The fourth-order valence-electron chi connectivity index (χ4n) is 2.49. The van der Waals surface area contributed by atoms with Crippen LogP contribution in [-0.4, -0.2) is 37.7 Å². The van der Waals surface area contributed by atoms with E-state index < -0.39 is 42.1 Å². The minimum Gasteiger partial charge on any atom is -0.744 e. The van der Waals surface area contributed by atoms with Crippen LogP contribution in [0.5, 0.6) is 0 Å². The topological polar surface area (TPSA) is 156 Å². The smallest absolute Gasteiger partial charge is 0.744 e. The van der Waals surface area contributed by atoms with E-state index in [9.17, 15) is 30.7 Å². The SMILES string of the molecule is O=C1N=C(c2ccc(S(=O)(=O)[O-])cc2)C(c2ccc(S(=O)(=O)[O-])cc2)N1.[Na+].[Na+]. The van der Waals surface area contributed by atoms with Gasteiger partial charge in [-0.25, -0.2) is 21.6 Å². The molecule has 1 unspecified atom stereocenters. The molecule has 1 N–H and O–H groups in total. The molecule has 2 amide bonds. The Bertz CT molecular complexity index is 1110. The molecule has 0 saturated carbocycles. The van der Waals surface area contributed by atoms with Crippen molar-refractivity contribution in [2.24, 2.45) is 4.99 Å². The second kappa shape index (κ2) is 9.47. The summed E-state index contributed by atoms with van der Waals surface area (Å²) in [5.74, 6) is 0. The molecule has 2 aromatic carbocycles. The van der Waals surface area contributed by atoms with Gasteiger partial charge in [0.25, 0.3) is 0 Å². The minimum absolute atomic E-state index is 0. The van der Waals surface area contributed by atoms with E-state index in [1.165, 1.54) is 24.3 Å². The molecule has 0 radical (unpaired) electrons. The normalized spacial score (nSPS) is 16.4. The number of rotatable bonds is 4. The van der Waals surface area contributed by atoms with E-state index in [1.54, 1.807) is 0 Å². The van der Waals surface area contributed by atoms with E-state index in [2.05, 4.69) is 10.3 Å². The molecule has 0 saturated heterocycles. The van der Waals surface area contributed by atoms with Crippen molar-refractivity contribution in [2.45, 2.75) is 15.8 Å². The fraction of sp³-hybridized carbons (Fsp3) is 0.0667. The summed E-state index contributed by atoms with van der Waals surface area (Å²) in [6.45, 7) is 0. The van der Waals surface area contributed by atoms with Gasteiger partial charge in [0, 0.05) is 0 Å². The molecule has 9 nitrogen and oxygen atoms in total. The third-order valence-corrected chi connectivity index (χ3v) is 5.40. The fourth-order valence-corrected chi connectivity index (χ4v) is 3.43. The summed E-state index contributed by atoms with van der Waals surface area (Å²) in [7, 11) is -9.19. The zero-order valence-electron chi connectivity index (χ0n) is 14.8. The molecule has 0 aromatic heterocycles. The average Bonchev–Trinajstić information content (AvgIpc) is 2.95. The van der Waals surface area contributed by atoms with E-state index >= 15 is 0 Å². The molecule has 3 rings (SSSR count). The van der Waals surface area contributed by atoms with Gasteiger partial charge in [0.1, 0.15) is 20.2 Å². The number of aliphatic imine (C=N–C) groups is 1. The van der Waals surface area contributed by atoms with Crippen LogP contribution >= 0.6 is 0 Å². The van der Waals surface area contributed by atoms with Crippen molar-refractivity contribution in [3.8, 4) is 0 Å². The van der Waals surface area contributed by atoms with Gasteiger partial charge in [-0.2, -0.15) is 4.99 Å². The van der Waals surface area contributed by atoms with Crippen LogP contribution in [0.2, 0.25) is 0 Å². The minimum atomic E-state index is -4.60. The number of carbonyl (C=O) groups excluding carboxylic acids is 1. The van der Waals surface area contributed by atoms with E-state index in [0.29, 0.717) is 11.1 Å². The van der Waals surface area contributed by atoms with Gasteiger partial charge in [0.15, 0.2) is 0 Å².